The number of halogens is 1. The first-order valence-corrected chi connectivity index (χ1v) is 8.72. The fourth-order valence-electron chi connectivity index (χ4n) is 1.97. The molecule has 1 aromatic carbocycles. The van der Waals surface area contributed by atoms with Gasteiger partial charge in [-0.05, 0) is 30.7 Å². The van der Waals surface area contributed by atoms with Gasteiger partial charge in [-0.1, -0.05) is 45.8 Å². The van der Waals surface area contributed by atoms with E-state index in [-0.39, 0.29) is 12.5 Å². The first kappa shape index (κ1) is 17.9. The lowest BCUT2D eigenvalue weighted by atomic mass is 10.2. The van der Waals surface area contributed by atoms with Crippen LogP contribution in [0.25, 0.3) is 6.08 Å². The molecule has 2 rings (SSSR count). The smallest absolute Gasteiger partial charge is 0.266 e. The number of benzene rings is 1. The van der Waals surface area contributed by atoms with Crippen LogP contribution in [0.4, 0.5) is 0 Å². The normalized spacial score (nSPS) is 15.9. The number of terminal acetylenes is 1. The van der Waals surface area contributed by atoms with Gasteiger partial charge < -0.3 is 9.47 Å². The van der Waals surface area contributed by atoms with E-state index < -0.39 is 0 Å². The van der Waals surface area contributed by atoms with Gasteiger partial charge in [0.05, 0.1) is 12.0 Å². The van der Waals surface area contributed by atoms with Crippen molar-refractivity contribution in [3.63, 3.8) is 0 Å². The maximum atomic E-state index is 12.3. The van der Waals surface area contributed by atoms with Crippen LogP contribution in [0.1, 0.15) is 12.5 Å². The van der Waals surface area contributed by atoms with Gasteiger partial charge in [-0.15, -0.1) is 6.42 Å². The molecule has 1 saturated heterocycles. The quantitative estimate of drug-likeness (QED) is 0.419. The summed E-state index contributed by atoms with van der Waals surface area (Å²) in [6, 6.07) is 3.55. The van der Waals surface area contributed by atoms with E-state index in [2.05, 4.69) is 21.9 Å². The molecule has 1 amide bonds. The summed E-state index contributed by atoms with van der Waals surface area (Å²) in [6.45, 7) is 2.60. The molecule has 23 heavy (non-hydrogen) atoms. The number of methoxy groups -OCH3 is 1. The van der Waals surface area contributed by atoms with Crippen molar-refractivity contribution in [2.45, 2.75) is 6.92 Å². The molecule has 0 saturated carbocycles. The van der Waals surface area contributed by atoms with Crippen molar-refractivity contribution in [1.29, 1.82) is 0 Å². The van der Waals surface area contributed by atoms with Crippen molar-refractivity contribution >= 4 is 56.2 Å². The molecular formula is C16H14BrNO3S2. The van der Waals surface area contributed by atoms with Gasteiger partial charge in [0.2, 0.25) is 0 Å². The number of carbonyl (C=O) groups is 1. The third-order valence-electron chi connectivity index (χ3n) is 3.07. The van der Waals surface area contributed by atoms with Gasteiger partial charge in [0.1, 0.15) is 10.9 Å². The molecule has 0 atom stereocenters. The lowest BCUT2D eigenvalue weighted by Crippen LogP contribution is -2.27. The Bertz CT molecular complexity index is 725. The second-order valence-corrected chi connectivity index (χ2v) is 6.97. The van der Waals surface area contributed by atoms with Crippen LogP contribution in [0.3, 0.4) is 0 Å². The monoisotopic (exact) mass is 411 g/mol. The number of likely N-dealkylation sites (N-methyl/N-ethyl adjacent to an activating group) is 1. The topological polar surface area (TPSA) is 38.8 Å². The van der Waals surface area contributed by atoms with Crippen LogP contribution in [0.5, 0.6) is 11.5 Å². The molecule has 1 fully saturated rings. The third kappa shape index (κ3) is 3.89. The SMILES string of the molecule is C#CCOc1cc(Br)c(/C=C2\SC(=S)N(CC)C2=O)cc1OC. The zero-order valence-electron chi connectivity index (χ0n) is 12.6. The molecule has 0 N–H and O–H groups in total. The highest BCUT2D eigenvalue weighted by molar-refractivity contribution is 9.10. The Morgan fingerprint density at radius 1 is 1.48 bits per heavy atom. The van der Waals surface area contributed by atoms with Gasteiger partial charge in [0.15, 0.2) is 11.5 Å². The van der Waals surface area contributed by atoms with Crippen molar-refractivity contribution in [3.05, 3.63) is 27.1 Å². The summed E-state index contributed by atoms with van der Waals surface area (Å²) < 4.78 is 12.1. The fraction of sp³-hybridized carbons (Fsp3) is 0.250. The summed E-state index contributed by atoms with van der Waals surface area (Å²) >= 11 is 9.98. The number of hydrogen-bond acceptors (Lipinski definition) is 5. The lowest BCUT2D eigenvalue weighted by Gasteiger charge is -2.11. The van der Waals surface area contributed by atoms with E-state index in [1.54, 1.807) is 30.2 Å². The molecule has 0 spiro atoms. The summed E-state index contributed by atoms with van der Waals surface area (Å²) in [5, 5.41) is 0. The zero-order valence-corrected chi connectivity index (χ0v) is 15.8. The minimum absolute atomic E-state index is 0.0824. The van der Waals surface area contributed by atoms with Gasteiger partial charge in [0.25, 0.3) is 5.91 Å². The number of rotatable bonds is 5. The summed E-state index contributed by atoms with van der Waals surface area (Å²) in [5.41, 5.74) is 0.798. The summed E-state index contributed by atoms with van der Waals surface area (Å²) in [4.78, 5) is 14.4. The van der Waals surface area contributed by atoms with E-state index in [1.807, 2.05) is 6.92 Å². The van der Waals surface area contributed by atoms with Gasteiger partial charge in [-0.3, -0.25) is 9.69 Å². The molecule has 120 valence electrons. The average Bonchev–Trinajstić information content (AvgIpc) is 2.80. The minimum Gasteiger partial charge on any atom is -0.493 e. The molecule has 1 aliphatic heterocycles. The molecule has 0 aromatic heterocycles. The van der Waals surface area contributed by atoms with Crippen LogP contribution in [0.2, 0.25) is 0 Å². The predicted molar refractivity (Wildman–Crippen MR) is 101 cm³/mol. The Labute approximate surface area is 153 Å². The summed E-state index contributed by atoms with van der Waals surface area (Å²) in [5.74, 6) is 3.41. The van der Waals surface area contributed by atoms with Crippen LogP contribution in [-0.4, -0.2) is 35.4 Å². The molecule has 1 aromatic rings. The Morgan fingerprint density at radius 2 is 2.22 bits per heavy atom. The van der Waals surface area contributed by atoms with Gasteiger partial charge in [-0.2, -0.15) is 0 Å². The maximum absolute atomic E-state index is 12.3. The van der Waals surface area contributed by atoms with Crippen molar-refractivity contribution in [2.24, 2.45) is 0 Å². The van der Waals surface area contributed by atoms with Crippen LogP contribution < -0.4 is 9.47 Å². The zero-order chi connectivity index (χ0) is 17.0. The second kappa shape index (κ2) is 7.86. The standard InChI is InChI=1S/C16H14BrNO3S2/c1-4-6-21-13-9-11(17)10(7-12(13)20-3)8-14-15(19)18(5-2)16(22)23-14/h1,7-9H,5-6H2,2-3H3/b14-8-. The number of nitrogens with zero attached hydrogens (tertiary/aromatic N) is 1. The van der Waals surface area contributed by atoms with E-state index in [0.29, 0.717) is 27.3 Å². The number of amides is 1. The van der Waals surface area contributed by atoms with Crippen molar-refractivity contribution < 1.29 is 14.3 Å². The molecule has 4 nitrogen and oxygen atoms in total. The number of thiocarbonyl (C=S) groups is 1. The van der Waals surface area contributed by atoms with Crippen molar-refractivity contribution in [2.75, 3.05) is 20.3 Å². The highest BCUT2D eigenvalue weighted by atomic mass is 79.9. The van der Waals surface area contributed by atoms with Crippen molar-refractivity contribution in [3.8, 4) is 23.8 Å². The molecule has 1 heterocycles. The third-order valence-corrected chi connectivity index (χ3v) is 5.13. The van der Waals surface area contributed by atoms with Gasteiger partial charge >= 0.3 is 0 Å². The van der Waals surface area contributed by atoms with Crippen LogP contribution in [-0.2, 0) is 4.79 Å². The summed E-state index contributed by atoms with van der Waals surface area (Å²) in [7, 11) is 1.55. The molecule has 1 aliphatic rings. The van der Waals surface area contributed by atoms with Gasteiger partial charge in [0, 0.05) is 11.0 Å². The van der Waals surface area contributed by atoms with E-state index in [1.165, 1.54) is 11.8 Å². The number of thioether (sulfide) groups is 1. The number of hydrogen-bond donors (Lipinski definition) is 0. The Balaban J connectivity index is 2.37. The molecular weight excluding hydrogens is 398 g/mol. The van der Waals surface area contributed by atoms with Crippen molar-refractivity contribution in [1.82, 2.24) is 4.90 Å². The first-order valence-electron chi connectivity index (χ1n) is 6.71. The van der Waals surface area contributed by atoms with Crippen LogP contribution in [0.15, 0.2) is 21.5 Å². The molecule has 0 aliphatic carbocycles. The van der Waals surface area contributed by atoms with Crippen LogP contribution in [0, 0.1) is 12.3 Å². The van der Waals surface area contributed by atoms with E-state index in [4.69, 9.17) is 28.1 Å². The highest BCUT2D eigenvalue weighted by Gasteiger charge is 2.30. The summed E-state index contributed by atoms with van der Waals surface area (Å²) in [6.07, 6.45) is 6.99. The highest BCUT2D eigenvalue weighted by Crippen LogP contribution is 2.37. The Kier molecular flexibility index (Phi) is 6.10. The molecule has 0 bridgehead atoms. The Hall–Kier alpha value is -1.49. The minimum atomic E-state index is -0.0824. The largest absolute Gasteiger partial charge is 0.493 e. The number of ether oxygens (including phenoxy) is 2. The molecule has 7 heteroatoms. The molecule has 0 unspecified atom stereocenters. The van der Waals surface area contributed by atoms with Gasteiger partial charge in [-0.25, -0.2) is 0 Å². The van der Waals surface area contributed by atoms with E-state index >= 15 is 0 Å². The Morgan fingerprint density at radius 3 is 2.78 bits per heavy atom. The first-order chi connectivity index (χ1) is 11.0. The average molecular weight is 412 g/mol. The maximum Gasteiger partial charge on any atom is 0.266 e. The molecule has 0 radical (unpaired) electrons. The van der Waals surface area contributed by atoms with E-state index in [9.17, 15) is 4.79 Å². The lowest BCUT2D eigenvalue weighted by molar-refractivity contribution is -0.121. The van der Waals surface area contributed by atoms with Crippen LogP contribution >= 0.6 is 39.9 Å². The fourth-order valence-corrected chi connectivity index (χ4v) is 3.78. The second-order valence-electron chi connectivity index (χ2n) is 4.44. The van der Waals surface area contributed by atoms with E-state index in [0.717, 1.165) is 10.0 Å². The number of carbonyl (C=O) groups excluding carboxylic acids is 1. The predicted octanol–water partition coefficient (Wildman–Crippen LogP) is 3.69.